The molecule has 0 aliphatic carbocycles. The number of nitrogens with zero attached hydrogens (tertiary/aromatic N) is 8. The number of alkyl halides is 3. The molecular weight excluding hydrogens is 698 g/mol. The fourth-order valence-corrected chi connectivity index (χ4v) is 10.2. The molecule has 51 heavy (non-hydrogen) atoms. The van der Waals surface area contributed by atoms with Crippen LogP contribution in [0.2, 0.25) is 0 Å². The minimum absolute atomic E-state index is 0.135. The predicted molar refractivity (Wildman–Crippen MR) is 194 cm³/mol. The van der Waals surface area contributed by atoms with Crippen molar-refractivity contribution < 1.29 is 21.6 Å². The molecule has 0 amide bonds. The van der Waals surface area contributed by atoms with E-state index in [2.05, 4.69) is 56.3 Å². The summed E-state index contributed by atoms with van der Waals surface area (Å²) in [7, 11) is -3.20. The van der Waals surface area contributed by atoms with Crippen LogP contribution in [-0.2, 0) is 36.0 Å². The third kappa shape index (κ3) is 7.48. The van der Waals surface area contributed by atoms with Gasteiger partial charge in [-0.3, -0.25) is 9.80 Å². The molecule has 15 heteroatoms. The van der Waals surface area contributed by atoms with Crippen LogP contribution < -0.4 is 4.90 Å². The molecular formula is C36H45F3N8O2S2. The van der Waals surface area contributed by atoms with Gasteiger partial charge in [-0.05, 0) is 61.4 Å². The summed E-state index contributed by atoms with van der Waals surface area (Å²) in [6, 6.07) is 10.5. The summed E-state index contributed by atoms with van der Waals surface area (Å²) in [6.07, 6.45) is -2.34. The Labute approximate surface area is 301 Å². The van der Waals surface area contributed by atoms with Crippen molar-refractivity contribution in [3.05, 3.63) is 51.8 Å². The van der Waals surface area contributed by atoms with E-state index >= 15 is 0 Å². The maximum atomic E-state index is 13.2. The van der Waals surface area contributed by atoms with E-state index in [0.717, 1.165) is 72.6 Å². The molecule has 2 unspecified atom stereocenters. The number of hydrogen-bond acceptors (Lipinski definition) is 9. The first-order chi connectivity index (χ1) is 24.2. The van der Waals surface area contributed by atoms with Gasteiger partial charge in [0.2, 0.25) is 10.0 Å². The van der Waals surface area contributed by atoms with Crippen molar-refractivity contribution in [3.63, 3.8) is 0 Å². The number of fused-ring (bicyclic) bond motifs is 3. The van der Waals surface area contributed by atoms with E-state index in [-0.39, 0.29) is 10.9 Å². The van der Waals surface area contributed by atoms with Crippen LogP contribution >= 0.6 is 11.3 Å². The predicted octanol–water partition coefficient (Wildman–Crippen LogP) is 5.42. The van der Waals surface area contributed by atoms with Gasteiger partial charge in [-0.2, -0.15) is 22.7 Å². The average molecular weight is 743 g/mol. The van der Waals surface area contributed by atoms with E-state index in [1.165, 1.54) is 21.7 Å². The first-order valence-electron chi connectivity index (χ1n) is 17.7. The highest BCUT2D eigenvalue weighted by molar-refractivity contribution is 7.88. The average Bonchev–Trinajstić information content (AvgIpc) is 3.78. The van der Waals surface area contributed by atoms with Gasteiger partial charge < -0.3 is 9.47 Å². The SMILES string of the molecule is CCc1nc(N2CCC3CN(Cc4ccc5c(cc(C#N)n5C[C@H](C)N5CCN(S(C)(=O)=O)CC5)c4C)CC3C2)c2cc(CC(F)(F)F)sc2n1. The summed E-state index contributed by atoms with van der Waals surface area (Å²) in [4.78, 5) is 17.4. The van der Waals surface area contributed by atoms with Gasteiger partial charge in [0.1, 0.15) is 28.2 Å². The lowest BCUT2D eigenvalue weighted by atomic mass is 9.88. The molecule has 4 aromatic rings. The highest BCUT2D eigenvalue weighted by atomic mass is 32.2. The van der Waals surface area contributed by atoms with Crippen LogP contribution in [0, 0.1) is 30.1 Å². The van der Waals surface area contributed by atoms with Crippen molar-refractivity contribution in [1.29, 1.82) is 5.26 Å². The number of thiophene rings is 1. The number of benzene rings is 1. The van der Waals surface area contributed by atoms with Crippen molar-refractivity contribution in [3.8, 4) is 6.07 Å². The molecule has 3 fully saturated rings. The Morgan fingerprint density at radius 2 is 1.78 bits per heavy atom. The van der Waals surface area contributed by atoms with Crippen LogP contribution in [0.4, 0.5) is 19.0 Å². The third-order valence-electron chi connectivity index (χ3n) is 11.1. The zero-order chi connectivity index (χ0) is 36.2. The molecule has 0 bridgehead atoms. The number of hydrogen-bond donors (Lipinski definition) is 0. The van der Waals surface area contributed by atoms with E-state index in [4.69, 9.17) is 4.98 Å². The normalized spacial score (nSPS) is 21.8. The maximum Gasteiger partial charge on any atom is 0.393 e. The molecule has 3 aromatic heterocycles. The molecule has 3 aliphatic heterocycles. The van der Waals surface area contributed by atoms with Gasteiger partial charge in [-0.15, -0.1) is 11.3 Å². The first kappa shape index (κ1) is 36.1. The quantitative estimate of drug-likeness (QED) is 0.224. The molecule has 274 valence electrons. The minimum Gasteiger partial charge on any atom is -0.356 e. The van der Waals surface area contributed by atoms with Crippen molar-refractivity contribution in [2.45, 2.75) is 65.3 Å². The molecule has 0 radical (unpaired) electrons. The third-order valence-corrected chi connectivity index (χ3v) is 13.5. The molecule has 3 atom stereocenters. The monoisotopic (exact) mass is 742 g/mol. The van der Waals surface area contributed by atoms with Crippen molar-refractivity contribution in [1.82, 2.24) is 28.6 Å². The topological polar surface area (TPSA) is 102 Å². The molecule has 6 heterocycles. The standard InChI is InChI=1S/C36H45F3N8O2S2/c1-5-33-41-34(31-15-29(16-36(37,38)39)50-35(31)42-33)45-9-8-26-20-43(21-27(26)22-45)19-25-6-7-32-30(24(25)3)14-28(17-40)47(32)18-23(2)44-10-12-46(13-11-44)51(4,48)49/h6-7,14-15,23,26-27H,5,8-13,16,18-22H2,1-4H3/t23-,26?,27?/m0/s1. The minimum atomic E-state index is -4.27. The highest BCUT2D eigenvalue weighted by Crippen LogP contribution is 2.39. The summed E-state index contributed by atoms with van der Waals surface area (Å²) < 4.78 is 67.2. The number of sulfonamides is 1. The lowest BCUT2D eigenvalue weighted by molar-refractivity contribution is -0.126. The fourth-order valence-electron chi connectivity index (χ4n) is 8.35. The maximum absolute atomic E-state index is 13.2. The van der Waals surface area contributed by atoms with Crippen LogP contribution in [0.1, 0.15) is 47.8 Å². The van der Waals surface area contributed by atoms with E-state index in [1.807, 2.05) is 13.0 Å². The molecule has 3 aliphatic rings. The molecule has 1 aromatic carbocycles. The smallest absolute Gasteiger partial charge is 0.356 e. The second-order valence-corrected chi connectivity index (χ2v) is 17.7. The van der Waals surface area contributed by atoms with Gasteiger partial charge in [0.05, 0.1) is 18.1 Å². The summed E-state index contributed by atoms with van der Waals surface area (Å²) in [5, 5.41) is 11.9. The summed E-state index contributed by atoms with van der Waals surface area (Å²) >= 11 is 1.12. The number of nitriles is 1. The van der Waals surface area contributed by atoms with Gasteiger partial charge >= 0.3 is 6.18 Å². The van der Waals surface area contributed by atoms with Crippen LogP contribution in [0.25, 0.3) is 21.1 Å². The van der Waals surface area contributed by atoms with E-state index in [9.17, 15) is 26.9 Å². The van der Waals surface area contributed by atoms with E-state index in [0.29, 0.717) is 67.3 Å². The Morgan fingerprint density at radius 1 is 1.04 bits per heavy atom. The molecule has 7 rings (SSSR count). The Bertz CT molecular complexity index is 2080. The zero-order valence-electron chi connectivity index (χ0n) is 29.6. The highest BCUT2D eigenvalue weighted by Gasteiger charge is 2.38. The Balaban J connectivity index is 1.04. The molecule has 0 saturated carbocycles. The second-order valence-electron chi connectivity index (χ2n) is 14.6. The lowest BCUT2D eigenvalue weighted by Gasteiger charge is -2.37. The number of rotatable bonds is 9. The number of piperidine rings is 1. The van der Waals surface area contributed by atoms with Crippen molar-refractivity contribution in [2.75, 3.05) is 63.5 Å². The number of aromatic nitrogens is 3. The number of piperazine rings is 1. The summed E-state index contributed by atoms with van der Waals surface area (Å²) in [5.41, 5.74) is 4.08. The second kappa shape index (κ2) is 13.9. The van der Waals surface area contributed by atoms with Gasteiger partial charge in [-0.1, -0.05) is 13.0 Å². The molecule has 0 spiro atoms. The van der Waals surface area contributed by atoms with Gasteiger partial charge in [0.25, 0.3) is 0 Å². The number of aryl methyl sites for hydroxylation is 2. The molecule has 0 N–H and O–H groups in total. The Morgan fingerprint density at radius 3 is 2.47 bits per heavy atom. The Kier molecular flexibility index (Phi) is 9.85. The lowest BCUT2D eigenvalue weighted by Crippen LogP contribution is -2.51. The largest absolute Gasteiger partial charge is 0.393 e. The zero-order valence-corrected chi connectivity index (χ0v) is 31.2. The van der Waals surface area contributed by atoms with Crippen LogP contribution in [0.5, 0.6) is 0 Å². The van der Waals surface area contributed by atoms with Crippen molar-refractivity contribution >= 4 is 48.3 Å². The van der Waals surface area contributed by atoms with Gasteiger partial charge in [0.15, 0.2) is 0 Å². The number of halogens is 3. The van der Waals surface area contributed by atoms with Gasteiger partial charge in [0, 0.05) is 93.7 Å². The van der Waals surface area contributed by atoms with E-state index in [1.54, 1.807) is 6.07 Å². The molecule has 3 saturated heterocycles. The summed E-state index contributed by atoms with van der Waals surface area (Å²) in [5.74, 6) is 2.40. The van der Waals surface area contributed by atoms with Crippen LogP contribution in [0.15, 0.2) is 24.3 Å². The molecule has 10 nitrogen and oxygen atoms in total. The van der Waals surface area contributed by atoms with Gasteiger partial charge in [-0.25, -0.2) is 18.4 Å². The number of anilines is 1. The first-order valence-corrected chi connectivity index (χ1v) is 20.4. The number of likely N-dealkylation sites (tertiary alicyclic amines) is 1. The van der Waals surface area contributed by atoms with Crippen LogP contribution in [0.3, 0.4) is 0 Å². The van der Waals surface area contributed by atoms with E-state index < -0.39 is 22.6 Å². The van der Waals surface area contributed by atoms with Crippen molar-refractivity contribution in [2.24, 2.45) is 11.8 Å². The van der Waals surface area contributed by atoms with Crippen LogP contribution in [-0.4, -0.2) is 108 Å². The summed E-state index contributed by atoms with van der Waals surface area (Å²) in [6.45, 7) is 13.5. The Hall–Kier alpha value is -3.29. The fraction of sp³-hybridized carbons (Fsp3) is 0.583.